The molecular formula is C14H14F3N3O3. The predicted octanol–water partition coefficient (Wildman–Crippen LogP) is 0.264. The van der Waals surface area contributed by atoms with Crippen molar-refractivity contribution in [2.24, 2.45) is 17.4 Å². The van der Waals surface area contributed by atoms with Crippen LogP contribution in [0, 0.1) is 5.92 Å². The number of rotatable bonds is 5. The third kappa shape index (κ3) is 3.61. The summed E-state index contributed by atoms with van der Waals surface area (Å²) in [7, 11) is 0. The predicted molar refractivity (Wildman–Crippen MR) is 72.6 cm³/mol. The molecule has 6 nitrogen and oxygen atoms in total. The van der Waals surface area contributed by atoms with Crippen LogP contribution in [0.1, 0.15) is 23.5 Å². The monoisotopic (exact) mass is 329 g/mol. The molecule has 0 aromatic heterocycles. The van der Waals surface area contributed by atoms with Gasteiger partial charge >= 0.3 is 6.18 Å². The van der Waals surface area contributed by atoms with Gasteiger partial charge in [-0.25, -0.2) is 0 Å². The van der Waals surface area contributed by atoms with Crippen LogP contribution in [-0.4, -0.2) is 23.8 Å². The van der Waals surface area contributed by atoms with Crippen molar-refractivity contribution in [2.75, 3.05) is 0 Å². The smallest absolute Gasteiger partial charge is 0.367 e. The summed E-state index contributed by atoms with van der Waals surface area (Å²) in [6, 6.07) is 3.29. The third-order valence-electron chi connectivity index (χ3n) is 3.65. The minimum Gasteiger partial charge on any atom is -0.367 e. The van der Waals surface area contributed by atoms with Gasteiger partial charge in [0.05, 0.1) is 5.56 Å². The zero-order valence-electron chi connectivity index (χ0n) is 11.8. The zero-order chi connectivity index (χ0) is 17.4. The van der Waals surface area contributed by atoms with Crippen LogP contribution in [-0.2, 0) is 20.6 Å². The first-order valence-electron chi connectivity index (χ1n) is 6.68. The van der Waals surface area contributed by atoms with Crippen molar-refractivity contribution in [1.29, 1.82) is 0 Å². The summed E-state index contributed by atoms with van der Waals surface area (Å²) in [5, 5.41) is 2.07. The maximum Gasteiger partial charge on any atom is 0.416 e. The second-order valence-corrected chi connectivity index (χ2v) is 5.28. The Kier molecular flexibility index (Phi) is 4.31. The van der Waals surface area contributed by atoms with E-state index >= 15 is 0 Å². The average Bonchev–Trinajstić information content (AvgIpc) is 3.23. The maximum absolute atomic E-state index is 13.0. The summed E-state index contributed by atoms with van der Waals surface area (Å²) in [5.74, 6) is -4.37. The molecule has 9 heteroatoms. The minimum atomic E-state index is -4.52. The van der Waals surface area contributed by atoms with Crippen LogP contribution in [0.5, 0.6) is 0 Å². The van der Waals surface area contributed by atoms with Gasteiger partial charge < -0.3 is 16.8 Å². The van der Waals surface area contributed by atoms with E-state index in [-0.39, 0.29) is 12.0 Å². The molecule has 1 aliphatic rings. The van der Waals surface area contributed by atoms with Gasteiger partial charge in [-0.2, -0.15) is 13.2 Å². The highest BCUT2D eigenvalue weighted by Crippen LogP contribution is 2.51. The summed E-state index contributed by atoms with van der Waals surface area (Å²) in [5.41, 5.74) is 9.07. The Labute approximate surface area is 129 Å². The second-order valence-electron chi connectivity index (χ2n) is 5.28. The molecule has 2 rings (SSSR count). The van der Waals surface area contributed by atoms with Gasteiger partial charge in [0.15, 0.2) is 6.04 Å². The lowest BCUT2D eigenvalue weighted by molar-refractivity contribution is -0.138. The van der Waals surface area contributed by atoms with Crippen molar-refractivity contribution in [3.8, 4) is 0 Å². The molecule has 0 spiro atoms. The standard InChI is InChI=1S/C14H14F3N3O3/c15-14(16,17)9-4-2-1-3-6(9)7-5-8(7)13(23)20-10(11(18)21)12(19)22/h1-4,7-8,10H,5H2,(H2,18,21)(H2,19,22)(H,20,23). The number of carbonyl (C=O) groups excluding carboxylic acids is 3. The number of hydrogen-bond acceptors (Lipinski definition) is 3. The van der Waals surface area contributed by atoms with Gasteiger partial charge in [-0.1, -0.05) is 18.2 Å². The quantitative estimate of drug-likeness (QED) is 0.673. The molecule has 23 heavy (non-hydrogen) atoms. The molecule has 1 aromatic rings. The number of hydrogen-bond donors (Lipinski definition) is 3. The van der Waals surface area contributed by atoms with Crippen molar-refractivity contribution in [3.05, 3.63) is 35.4 Å². The van der Waals surface area contributed by atoms with E-state index in [1.807, 2.05) is 0 Å². The molecule has 0 heterocycles. The molecule has 124 valence electrons. The van der Waals surface area contributed by atoms with Crippen molar-refractivity contribution in [3.63, 3.8) is 0 Å². The molecule has 0 bridgehead atoms. The Morgan fingerprint density at radius 3 is 2.22 bits per heavy atom. The molecule has 1 aliphatic carbocycles. The van der Waals surface area contributed by atoms with Crippen LogP contribution in [0.3, 0.4) is 0 Å². The lowest BCUT2D eigenvalue weighted by atomic mass is 10.0. The second kappa shape index (κ2) is 5.90. The number of halogens is 3. The van der Waals surface area contributed by atoms with Crippen LogP contribution in [0.25, 0.3) is 0 Å². The Morgan fingerprint density at radius 1 is 1.13 bits per heavy atom. The normalized spacial score (nSPS) is 20.2. The van der Waals surface area contributed by atoms with Crippen LogP contribution >= 0.6 is 0 Å². The van der Waals surface area contributed by atoms with Crippen molar-refractivity contribution < 1.29 is 27.6 Å². The number of primary amides is 2. The van der Waals surface area contributed by atoms with Gasteiger partial charge in [0.1, 0.15) is 0 Å². The number of carbonyl (C=O) groups is 3. The molecule has 1 aromatic carbocycles. The van der Waals surface area contributed by atoms with Gasteiger partial charge in [-0.15, -0.1) is 0 Å². The van der Waals surface area contributed by atoms with E-state index in [9.17, 15) is 27.6 Å². The van der Waals surface area contributed by atoms with Gasteiger partial charge in [0.2, 0.25) is 17.7 Å². The number of alkyl halides is 3. The first-order chi connectivity index (χ1) is 10.6. The van der Waals surface area contributed by atoms with Crippen LogP contribution < -0.4 is 16.8 Å². The lowest BCUT2D eigenvalue weighted by Gasteiger charge is -2.14. The van der Waals surface area contributed by atoms with Crippen molar-refractivity contribution in [1.82, 2.24) is 5.32 Å². The number of nitrogens with two attached hydrogens (primary N) is 2. The maximum atomic E-state index is 13.0. The molecular weight excluding hydrogens is 315 g/mol. The molecule has 0 radical (unpaired) electrons. The third-order valence-corrected chi connectivity index (χ3v) is 3.65. The summed E-state index contributed by atoms with van der Waals surface area (Å²) in [4.78, 5) is 34.0. The van der Waals surface area contributed by atoms with Crippen molar-refractivity contribution in [2.45, 2.75) is 24.6 Å². The number of amides is 3. The Bertz CT molecular complexity index is 646. The molecule has 0 saturated heterocycles. The fourth-order valence-corrected chi connectivity index (χ4v) is 2.44. The van der Waals surface area contributed by atoms with E-state index < -0.39 is 47.3 Å². The summed E-state index contributed by atoms with van der Waals surface area (Å²) < 4.78 is 38.9. The molecule has 1 saturated carbocycles. The minimum absolute atomic E-state index is 0.00912. The highest BCUT2D eigenvalue weighted by Gasteiger charge is 2.48. The van der Waals surface area contributed by atoms with Gasteiger partial charge in [0.25, 0.3) is 0 Å². The lowest BCUT2D eigenvalue weighted by Crippen LogP contribution is -2.52. The average molecular weight is 329 g/mol. The fraction of sp³-hybridized carbons (Fsp3) is 0.357. The fourth-order valence-electron chi connectivity index (χ4n) is 2.44. The van der Waals surface area contributed by atoms with E-state index in [1.54, 1.807) is 0 Å². The zero-order valence-corrected chi connectivity index (χ0v) is 11.8. The molecule has 2 unspecified atom stereocenters. The van der Waals surface area contributed by atoms with Crippen LogP contribution in [0.2, 0.25) is 0 Å². The van der Waals surface area contributed by atoms with E-state index in [4.69, 9.17) is 11.5 Å². The SMILES string of the molecule is NC(=O)C(NC(=O)C1CC1c1ccccc1C(F)(F)F)C(N)=O. The van der Waals surface area contributed by atoms with E-state index in [0.29, 0.717) is 0 Å². The van der Waals surface area contributed by atoms with E-state index in [1.165, 1.54) is 18.2 Å². The van der Waals surface area contributed by atoms with Crippen LogP contribution in [0.15, 0.2) is 24.3 Å². The van der Waals surface area contributed by atoms with E-state index in [0.717, 1.165) is 6.07 Å². The molecule has 3 amide bonds. The van der Waals surface area contributed by atoms with E-state index in [2.05, 4.69) is 5.32 Å². The first kappa shape index (κ1) is 16.8. The molecule has 5 N–H and O–H groups in total. The molecule has 0 aliphatic heterocycles. The largest absolute Gasteiger partial charge is 0.416 e. The Morgan fingerprint density at radius 2 is 1.70 bits per heavy atom. The van der Waals surface area contributed by atoms with Gasteiger partial charge in [-0.3, -0.25) is 14.4 Å². The molecule has 2 atom stereocenters. The first-order valence-corrected chi connectivity index (χ1v) is 6.68. The highest BCUT2D eigenvalue weighted by atomic mass is 19.4. The highest BCUT2D eigenvalue weighted by molar-refractivity contribution is 6.06. The van der Waals surface area contributed by atoms with Crippen molar-refractivity contribution >= 4 is 17.7 Å². The number of benzene rings is 1. The Balaban J connectivity index is 2.13. The van der Waals surface area contributed by atoms with Crippen LogP contribution in [0.4, 0.5) is 13.2 Å². The summed E-state index contributed by atoms with van der Waals surface area (Å²) >= 11 is 0. The van der Waals surface area contributed by atoms with Gasteiger partial charge in [-0.05, 0) is 24.0 Å². The Hall–Kier alpha value is -2.58. The molecule has 1 fully saturated rings. The van der Waals surface area contributed by atoms with Gasteiger partial charge in [0, 0.05) is 5.92 Å². The number of nitrogens with one attached hydrogen (secondary N) is 1. The summed E-state index contributed by atoms with van der Waals surface area (Å²) in [6.07, 6.45) is -4.34. The topological polar surface area (TPSA) is 115 Å². The summed E-state index contributed by atoms with van der Waals surface area (Å²) in [6.45, 7) is 0.